The second-order valence-electron chi connectivity index (χ2n) is 7.31. The van der Waals surface area contributed by atoms with E-state index in [1.54, 1.807) is 0 Å². The van der Waals surface area contributed by atoms with Crippen molar-refractivity contribution in [3.63, 3.8) is 0 Å². The number of carbonyl (C=O) groups is 1. The van der Waals surface area contributed by atoms with Crippen LogP contribution in [0.2, 0.25) is 0 Å². The largest absolute Gasteiger partial charge is 0.369 e. The number of nitrogens with one attached hydrogen (secondary N) is 1. The normalized spacial score (nSPS) is 20.5. The van der Waals surface area contributed by atoms with E-state index in [1.807, 2.05) is 6.07 Å². The Balaban J connectivity index is 1.29. The van der Waals surface area contributed by atoms with E-state index < -0.39 is 0 Å². The summed E-state index contributed by atoms with van der Waals surface area (Å²) in [6.45, 7) is 4.32. The zero-order chi connectivity index (χ0) is 17.8. The topological polar surface area (TPSA) is 35.6 Å². The van der Waals surface area contributed by atoms with Gasteiger partial charge in [-0.25, -0.2) is 0 Å². The Kier molecular flexibility index (Phi) is 5.21. The lowest BCUT2D eigenvalue weighted by molar-refractivity contribution is -0.123. The number of benzene rings is 2. The van der Waals surface area contributed by atoms with Gasteiger partial charge in [-0.1, -0.05) is 42.5 Å². The number of piperazine rings is 1. The number of anilines is 1. The van der Waals surface area contributed by atoms with E-state index in [4.69, 9.17) is 0 Å². The van der Waals surface area contributed by atoms with Gasteiger partial charge in [0.25, 0.3) is 0 Å². The van der Waals surface area contributed by atoms with E-state index in [9.17, 15) is 4.79 Å². The smallest absolute Gasteiger partial charge is 0.234 e. The van der Waals surface area contributed by atoms with E-state index in [1.165, 1.54) is 16.8 Å². The van der Waals surface area contributed by atoms with Gasteiger partial charge in [0, 0.05) is 31.9 Å². The maximum Gasteiger partial charge on any atom is 0.234 e. The van der Waals surface area contributed by atoms with Crippen LogP contribution in [0.4, 0.5) is 5.69 Å². The van der Waals surface area contributed by atoms with Crippen molar-refractivity contribution in [2.75, 3.05) is 37.6 Å². The van der Waals surface area contributed by atoms with Crippen LogP contribution in [0.15, 0.2) is 54.6 Å². The summed E-state index contributed by atoms with van der Waals surface area (Å²) in [6, 6.07) is 19.2. The maximum absolute atomic E-state index is 12.6. The lowest BCUT2D eigenvalue weighted by Crippen LogP contribution is -2.50. The Labute approximate surface area is 155 Å². The summed E-state index contributed by atoms with van der Waals surface area (Å²) in [6.07, 6.45) is 3.33. The Morgan fingerprint density at radius 1 is 0.962 bits per heavy atom. The Morgan fingerprint density at radius 2 is 1.69 bits per heavy atom. The fourth-order valence-electron chi connectivity index (χ4n) is 4.15. The molecule has 136 valence electrons. The predicted molar refractivity (Wildman–Crippen MR) is 105 cm³/mol. The Hall–Kier alpha value is -2.33. The third-order valence-electron chi connectivity index (χ3n) is 5.57. The fourth-order valence-corrected chi connectivity index (χ4v) is 4.15. The number of rotatable bonds is 4. The summed E-state index contributed by atoms with van der Waals surface area (Å²) in [4.78, 5) is 17.2. The number of fused-ring (bicyclic) bond motifs is 1. The molecule has 2 aromatic rings. The average Bonchev–Trinajstić information content (AvgIpc) is 2.69. The van der Waals surface area contributed by atoms with Gasteiger partial charge in [-0.05, 0) is 42.5 Å². The van der Waals surface area contributed by atoms with Gasteiger partial charge in [-0.3, -0.25) is 9.69 Å². The van der Waals surface area contributed by atoms with Crippen LogP contribution in [0.1, 0.15) is 30.0 Å². The number of para-hydroxylation sites is 1. The summed E-state index contributed by atoms with van der Waals surface area (Å²) in [5.41, 5.74) is 3.97. The minimum absolute atomic E-state index is 0.153. The van der Waals surface area contributed by atoms with E-state index in [2.05, 4.69) is 63.6 Å². The molecular weight excluding hydrogens is 322 g/mol. The number of aryl methyl sites for hydroxylation is 1. The van der Waals surface area contributed by atoms with Crippen molar-refractivity contribution in [3.8, 4) is 0 Å². The highest BCUT2D eigenvalue weighted by molar-refractivity contribution is 5.78. The molecule has 0 unspecified atom stereocenters. The first-order valence-electron chi connectivity index (χ1n) is 9.69. The molecule has 4 heteroatoms. The first kappa shape index (κ1) is 17.1. The van der Waals surface area contributed by atoms with Gasteiger partial charge < -0.3 is 10.2 Å². The van der Waals surface area contributed by atoms with Crippen LogP contribution >= 0.6 is 0 Å². The monoisotopic (exact) mass is 349 g/mol. The summed E-state index contributed by atoms with van der Waals surface area (Å²) in [5, 5.41) is 3.27. The van der Waals surface area contributed by atoms with Crippen molar-refractivity contribution < 1.29 is 4.79 Å². The standard InChI is InChI=1S/C22H27N3O/c26-22(23-21-12-6-8-18-7-4-5-11-20(18)21)17-24-13-15-25(16-14-24)19-9-2-1-3-10-19/h1-5,7,9-11,21H,6,8,12-17H2,(H,23,26)/t21-/m1/s1. The third kappa shape index (κ3) is 3.91. The van der Waals surface area contributed by atoms with Gasteiger partial charge in [0.1, 0.15) is 0 Å². The molecule has 1 aliphatic heterocycles. The second-order valence-corrected chi connectivity index (χ2v) is 7.31. The average molecular weight is 349 g/mol. The van der Waals surface area contributed by atoms with Crippen molar-refractivity contribution in [3.05, 3.63) is 65.7 Å². The molecule has 2 aromatic carbocycles. The molecule has 2 aliphatic rings. The number of carbonyl (C=O) groups excluding carboxylic acids is 1. The summed E-state index contributed by atoms with van der Waals surface area (Å²) >= 11 is 0. The fraction of sp³-hybridized carbons (Fsp3) is 0.409. The van der Waals surface area contributed by atoms with Crippen molar-refractivity contribution in [2.24, 2.45) is 0 Å². The van der Waals surface area contributed by atoms with Crippen molar-refractivity contribution in [1.29, 1.82) is 0 Å². The number of amides is 1. The zero-order valence-electron chi connectivity index (χ0n) is 15.2. The summed E-state index contributed by atoms with van der Waals surface area (Å²) in [5.74, 6) is 0.153. The van der Waals surface area contributed by atoms with E-state index in [0.717, 1.165) is 45.4 Å². The molecule has 0 radical (unpaired) electrons. The van der Waals surface area contributed by atoms with Gasteiger partial charge in [0.15, 0.2) is 0 Å². The minimum atomic E-state index is 0.153. The predicted octanol–water partition coefficient (Wildman–Crippen LogP) is 3.00. The SMILES string of the molecule is O=C(CN1CCN(c2ccccc2)CC1)N[C@@H]1CCCc2ccccc21. The quantitative estimate of drug-likeness (QED) is 0.922. The molecule has 1 saturated heterocycles. The molecule has 26 heavy (non-hydrogen) atoms. The number of hydrogen-bond acceptors (Lipinski definition) is 3. The third-order valence-corrected chi connectivity index (χ3v) is 5.57. The van der Waals surface area contributed by atoms with Crippen LogP contribution in [-0.2, 0) is 11.2 Å². The molecule has 1 aliphatic carbocycles. The molecule has 1 amide bonds. The molecule has 4 rings (SSSR count). The first-order chi connectivity index (χ1) is 12.8. The molecule has 4 nitrogen and oxygen atoms in total. The van der Waals surface area contributed by atoms with Crippen LogP contribution in [0, 0.1) is 0 Å². The van der Waals surface area contributed by atoms with Crippen LogP contribution in [-0.4, -0.2) is 43.5 Å². The maximum atomic E-state index is 12.6. The van der Waals surface area contributed by atoms with Crippen molar-refractivity contribution >= 4 is 11.6 Å². The summed E-state index contributed by atoms with van der Waals surface area (Å²) in [7, 11) is 0. The van der Waals surface area contributed by atoms with E-state index in [0.29, 0.717) is 6.54 Å². The Morgan fingerprint density at radius 3 is 2.50 bits per heavy atom. The van der Waals surface area contributed by atoms with E-state index >= 15 is 0 Å². The summed E-state index contributed by atoms with van der Waals surface area (Å²) < 4.78 is 0. The highest BCUT2D eigenvalue weighted by Gasteiger charge is 2.23. The van der Waals surface area contributed by atoms with Crippen molar-refractivity contribution in [1.82, 2.24) is 10.2 Å². The molecule has 1 N–H and O–H groups in total. The number of hydrogen-bond donors (Lipinski definition) is 1. The highest BCUT2D eigenvalue weighted by Crippen LogP contribution is 2.29. The van der Waals surface area contributed by atoms with Gasteiger partial charge >= 0.3 is 0 Å². The van der Waals surface area contributed by atoms with Crippen LogP contribution in [0.5, 0.6) is 0 Å². The Bertz CT molecular complexity index is 738. The molecule has 1 atom stereocenters. The minimum Gasteiger partial charge on any atom is -0.369 e. The second kappa shape index (κ2) is 7.92. The lowest BCUT2D eigenvalue weighted by atomic mass is 9.88. The van der Waals surface area contributed by atoms with E-state index in [-0.39, 0.29) is 11.9 Å². The zero-order valence-corrected chi connectivity index (χ0v) is 15.2. The molecule has 0 saturated carbocycles. The van der Waals surface area contributed by atoms with Crippen molar-refractivity contribution in [2.45, 2.75) is 25.3 Å². The molecule has 1 fully saturated rings. The first-order valence-corrected chi connectivity index (χ1v) is 9.69. The highest BCUT2D eigenvalue weighted by atomic mass is 16.2. The van der Waals surface area contributed by atoms with Gasteiger partial charge in [0.05, 0.1) is 12.6 Å². The van der Waals surface area contributed by atoms with Gasteiger partial charge in [-0.2, -0.15) is 0 Å². The molecule has 0 bridgehead atoms. The lowest BCUT2D eigenvalue weighted by Gasteiger charge is -2.36. The van der Waals surface area contributed by atoms with Crippen LogP contribution in [0.3, 0.4) is 0 Å². The molecule has 1 heterocycles. The molecule has 0 aromatic heterocycles. The van der Waals surface area contributed by atoms with Crippen LogP contribution < -0.4 is 10.2 Å². The van der Waals surface area contributed by atoms with Gasteiger partial charge in [-0.15, -0.1) is 0 Å². The molecule has 0 spiro atoms. The van der Waals surface area contributed by atoms with Crippen LogP contribution in [0.25, 0.3) is 0 Å². The number of nitrogens with zero attached hydrogens (tertiary/aromatic N) is 2. The van der Waals surface area contributed by atoms with Gasteiger partial charge in [0.2, 0.25) is 5.91 Å². The molecular formula is C22H27N3O.